The molecule has 6 nitrogen and oxygen atoms in total. The Bertz CT molecular complexity index is 554. The average molecular weight is 263 g/mol. The molecular weight excluding hydrogens is 250 g/mol. The van der Waals surface area contributed by atoms with Crippen molar-refractivity contribution in [3.63, 3.8) is 0 Å². The van der Waals surface area contributed by atoms with Gasteiger partial charge in [-0.15, -0.1) is 11.3 Å². The summed E-state index contributed by atoms with van der Waals surface area (Å²) in [5.41, 5.74) is 6.14. The van der Waals surface area contributed by atoms with Crippen molar-refractivity contribution >= 4 is 22.9 Å². The van der Waals surface area contributed by atoms with Crippen LogP contribution in [0.2, 0.25) is 0 Å². The van der Waals surface area contributed by atoms with Crippen molar-refractivity contribution in [2.24, 2.45) is 5.84 Å². The van der Waals surface area contributed by atoms with Crippen LogP contribution in [-0.2, 0) is 6.54 Å². The minimum Gasteiger partial charge on any atom is -0.346 e. The first-order valence-electron chi connectivity index (χ1n) is 5.30. The molecule has 0 unspecified atom stereocenters. The summed E-state index contributed by atoms with van der Waals surface area (Å²) in [6.45, 7) is 2.37. The second-order valence-corrected chi connectivity index (χ2v) is 4.56. The predicted octanol–water partition coefficient (Wildman–Crippen LogP) is 1.06. The lowest BCUT2D eigenvalue weighted by molar-refractivity contribution is 0.0946. The fraction of sp³-hybridized carbons (Fsp3) is 0.182. The molecular formula is C11H13N5OS. The van der Waals surface area contributed by atoms with E-state index in [1.165, 1.54) is 17.5 Å². The number of thiazole rings is 1. The van der Waals surface area contributed by atoms with Crippen molar-refractivity contribution in [3.8, 4) is 0 Å². The van der Waals surface area contributed by atoms with Gasteiger partial charge in [0.1, 0.15) is 5.69 Å². The number of nitrogens with zero attached hydrogens (tertiary/aromatic N) is 2. The van der Waals surface area contributed by atoms with Crippen molar-refractivity contribution in [2.45, 2.75) is 13.5 Å². The van der Waals surface area contributed by atoms with Gasteiger partial charge in [-0.2, -0.15) is 0 Å². The standard InChI is InChI=1S/C11H13N5OS/c1-7-10(18-6-15-7)5-14-11(17)9-4-8(16-12)2-3-13-9/h2-4,6H,5,12H2,1H3,(H,13,16)(H,14,17). The van der Waals surface area contributed by atoms with Crippen molar-refractivity contribution in [1.82, 2.24) is 15.3 Å². The number of rotatable bonds is 4. The molecule has 0 aromatic carbocycles. The second-order valence-electron chi connectivity index (χ2n) is 3.62. The molecule has 0 spiro atoms. The third kappa shape index (κ3) is 2.82. The summed E-state index contributed by atoms with van der Waals surface area (Å²) in [4.78, 5) is 21.0. The molecule has 2 aromatic rings. The maximum absolute atomic E-state index is 11.9. The van der Waals surface area contributed by atoms with Gasteiger partial charge >= 0.3 is 0 Å². The molecule has 2 rings (SSSR count). The van der Waals surface area contributed by atoms with Gasteiger partial charge in [0.25, 0.3) is 5.91 Å². The fourth-order valence-corrected chi connectivity index (χ4v) is 2.11. The molecule has 2 aromatic heterocycles. The third-order valence-corrected chi connectivity index (χ3v) is 3.35. The van der Waals surface area contributed by atoms with E-state index in [1.54, 1.807) is 17.6 Å². The number of carbonyl (C=O) groups excluding carboxylic acids is 1. The Hall–Kier alpha value is -1.99. The second kappa shape index (κ2) is 5.56. The Morgan fingerprint density at radius 3 is 3.00 bits per heavy atom. The largest absolute Gasteiger partial charge is 0.346 e. The highest BCUT2D eigenvalue weighted by atomic mass is 32.1. The Morgan fingerprint density at radius 1 is 1.50 bits per heavy atom. The quantitative estimate of drug-likeness (QED) is 0.566. The van der Waals surface area contributed by atoms with Gasteiger partial charge in [-0.3, -0.25) is 15.6 Å². The smallest absolute Gasteiger partial charge is 0.270 e. The Labute approximate surface area is 108 Å². The van der Waals surface area contributed by atoms with Gasteiger partial charge in [-0.25, -0.2) is 4.98 Å². The Morgan fingerprint density at radius 2 is 2.33 bits per heavy atom. The summed E-state index contributed by atoms with van der Waals surface area (Å²) in [6.07, 6.45) is 1.53. The highest BCUT2D eigenvalue weighted by Crippen LogP contribution is 2.12. The van der Waals surface area contributed by atoms with E-state index in [4.69, 9.17) is 5.84 Å². The van der Waals surface area contributed by atoms with Crippen LogP contribution in [0.15, 0.2) is 23.8 Å². The summed E-state index contributed by atoms with van der Waals surface area (Å²) in [7, 11) is 0. The normalized spacial score (nSPS) is 10.1. The molecule has 0 aliphatic rings. The number of amides is 1. The fourth-order valence-electron chi connectivity index (χ4n) is 1.39. The monoisotopic (exact) mass is 263 g/mol. The van der Waals surface area contributed by atoms with Crippen LogP contribution >= 0.6 is 11.3 Å². The molecule has 0 saturated heterocycles. The van der Waals surface area contributed by atoms with Crippen LogP contribution in [0.4, 0.5) is 5.69 Å². The zero-order valence-corrected chi connectivity index (χ0v) is 10.6. The van der Waals surface area contributed by atoms with Gasteiger partial charge in [0.2, 0.25) is 0 Å². The molecule has 0 fully saturated rings. The summed E-state index contributed by atoms with van der Waals surface area (Å²) >= 11 is 1.52. The number of nitrogens with two attached hydrogens (primary N) is 1. The zero-order chi connectivity index (χ0) is 13.0. The van der Waals surface area contributed by atoms with Crippen LogP contribution in [0.3, 0.4) is 0 Å². The van der Waals surface area contributed by atoms with E-state index in [-0.39, 0.29) is 5.91 Å². The van der Waals surface area contributed by atoms with E-state index in [9.17, 15) is 4.79 Å². The van der Waals surface area contributed by atoms with Crippen LogP contribution in [0.25, 0.3) is 0 Å². The van der Waals surface area contributed by atoms with Crippen LogP contribution in [0.5, 0.6) is 0 Å². The average Bonchev–Trinajstić information content (AvgIpc) is 2.81. The number of aromatic nitrogens is 2. The number of pyridine rings is 1. The number of aryl methyl sites for hydroxylation is 1. The molecule has 0 aliphatic heterocycles. The molecule has 18 heavy (non-hydrogen) atoms. The molecule has 0 bridgehead atoms. The van der Waals surface area contributed by atoms with Gasteiger partial charge in [-0.05, 0) is 19.1 Å². The maximum atomic E-state index is 11.9. The topological polar surface area (TPSA) is 92.9 Å². The predicted molar refractivity (Wildman–Crippen MR) is 70.1 cm³/mol. The number of carbonyl (C=O) groups is 1. The van der Waals surface area contributed by atoms with Gasteiger partial charge in [0, 0.05) is 11.1 Å². The molecule has 2 heterocycles. The van der Waals surface area contributed by atoms with Crippen molar-refractivity contribution < 1.29 is 4.79 Å². The van der Waals surface area contributed by atoms with Crippen molar-refractivity contribution in [2.75, 3.05) is 5.43 Å². The number of hydrogen-bond acceptors (Lipinski definition) is 6. The Kier molecular flexibility index (Phi) is 3.85. The summed E-state index contributed by atoms with van der Waals surface area (Å²) in [5.74, 6) is 5.04. The highest BCUT2D eigenvalue weighted by Gasteiger charge is 2.09. The van der Waals surface area contributed by atoms with Crippen molar-refractivity contribution in [1.29, 1.82) is 0 Å². The summed E-state index contributed by atoms with van der Waals surface area (Å²) in [5, 5.41) is 2.79. The lowest BCUT2D eigenvalue weighted by Gasteiger charge is -2.05. The third-order valence-electron chi connectivity index (χ3n) is 2.41. The van der Waals surface area contributed by atoms with Gasteiger partial charge in [0.15, 0.2) is 0 Å². The molecule has 0 saturated carbocycles. The molecule has 7 heteroatoms. The van der Waals surface area contributed by atoms with E-state index >= 15 is 0 Å². The van der Waals surface area contributed by atoms with Gasteiger partial charge < -0.3 is 10.7 Å². The molecule has 1 amide bonds. The SMILES string of the molecule is Cc1ncsc1CNC(=O)c1cc(NN)ccn1. The minimum absolute atomic E-state index is 0.236. The molecule has 0 aliphatic carbocycles. The van der Waals surface area contributed by atoms with E-state index < -0.39 is 0 Å². The molecule has 0 radical (unpaired) electrons. The van der Waals surface area contributed by atoms with Crippen molar-refractivity contribution in [3.05, 3.63) is 40.1 Å². The Balaban J connectivity index is 2.01. The molecule has 4 N–H and O–H groups in total. The highest BCUT2D eigenvalue weighted by molar-refractivity contribution is 7.09. The van der Waals surface area contributed by atoms with E-state index in [0.29, 0.717) is 17.9 Å². The van der Waals surface area contributed by atoms with E-state index in [0.717, 1.165) is 10.6 Å². The van der Waals surface area contributed by atoms with Crippen LogP contribution < -0.4 is 16.6 Å². The minimum atomic E-state index is -0.236. The number of hydrazine groups is 1. The van der Waals surface area contributed by atoms with Crippen LogP contribution in [0, 0.1) is 6.92 Å². The van der Waals surface area contributed by atoms with Gasteiger partial charge in [-0.1, -0.05) is 0 Å². The lowest BCUT2D eigenvalue weighted by Crippen LogP contribution is -2.24. The first-order chi connectivity index (χ1) is 8.70. The molecule has 0 atom stereocenters. The number of nitrogens with one attached hydrogen (secondary N) is 2. The lowest BCUT2D eigenvalue weighted by atomic mass is 10.3. The zero-order valence-electron chi connectivity index (χ0n) is 9.80. The summed E-state index contributed by atoms with van der Waals surface area (Å²) in [6, 6.07) is 3.28. The van der Waals surface area contributed by atoms with Crippen LogP contribution in [0.1, 0.15) is 21.1 Å². The van der Waals surface area contributed by atoms with Gasteiger partial charge in [0.05, 0.1) is 23.4 Å². The first kappa shape index (κ1) is 12.5. The number of nitrogen functional groups attached to an aromatic ring is 1. The van der Waals surface area contributed by atoms with E-state index in [2.05, 4.69) is 20.7 Å². The van der Waals surface area contributed by atoms with E-state index in [1.807, 2.05) is 6.92 Å². The maximum Gasteiger partial charge on any atom is 0.270 e. The molecule has 94 valence electrons. The number of hydrogen-bond donors (Lipinski definition) is 3. The first-order valence-corrected chi connectivity index (χ1v) is 6.18. The summed E-state index contributed by atoms with van der Waals surface area (Å²) < 4.78 is 0. The van der Waals surface area contributed by atoms with Crippen LogP contribution in [-0.4, -0.2) is 15.9 Å². The number of anilines is 1.